The largest absolute Gasteiger partial charge is 0.478 e. The number of ketones is 1. The number of Topliss-reactive ketones (excluding diaryl/α,β-unsaturated/α-hetero) is 1. The number of hydrogen-bond acceptors (Lipinski definition) is 3. The number of halogens is 24. The topological polar surface area (TPSA) is 71.1 Å². The van der Waals surface area contributed by atoms with Crippen LogP contribution < -0.4 is 26.4 Å². The molecule has 0 bridgehead atoms. The van der Waals surface area contributed by atoms with Crippen molar-refractivity contribution in [3.8, 4) is 0 Å². The molecule has 0 saturated carbocycles. The summed E-state index contributed by atoms with van der Waals surface area (Å²) in [4.78, 5) is 27.7. The molecule has 0 aliphatic carbocycles. The van der Waals surface area contributed by atoms with Crippen molar-refractivity contribution in [3.05, 3.63) is 213 Å². The fourth-order valence-corrected chi connectivity index (χ4v) is 8.65. The number of carboxylic acid groups (broad SMARTS) is 1. The quantitative estimate of drug-likeness (QED) is 0.0641. The van der Waals surface area contributed by atoms with Crippen LogP contribution >= 0.6 is 0 Å². The zero-order valence-electron chi connectivity index (χ0n) is 40.1. The van der Waals surface area contributed by atoms with Crippen molar-refractivity contribution in [2.75, 3.05) is 0 Å². The van der Waals surface area contributed by atoms with E-state index in [4.69, 9.17) is 5.11 Å². The summed E-state index contributed by atoms with van der Waals surface area (Å²) in [6.45, 7) is 0.231. The minimum atomic E-state index is -6.13. The van der Waals surface area contributed by atoms with Crippen LogP contribution in [-0.2, 0) is 62.4 Å². The van der Waals surface area contributed by atoms with Crippen molar-refractivity contribution >= 4 is 39.7 Å². The van der Waals surface area contributed by atoms with Gasteiger partial charge in [-0.25, -0.2) is 9.78 Å². The van der Waals surface area contributed by atoms with Crippen LogP contribution in [-0.4, -0.2) is 28.0 Å². The van der Waals surface area contributed by atoms with Gasteiger partial charge in [-0.3, -0.25) is 4.79 Å². The molecule has 0 aliphatic heterocycles. The third kappa shape index (κ3) is 14.9. The molecule has 1 N–H and O–H groups in total. The molecule has 0 saturated heterocycles. The van der Waals surface area contributed by atoms with Crippen LogP contribution in [0.5, 0.6) is 0 Å². The third-order valence-corrected chi connectivity index (χ3v) is 12.2. The van der Waals surface area contributed by atoms with Crippen molar-refractivity contribution in [2.45, 2.75) is 62.4 Å². The second kappa shape index (κ2) is 22.3. The minimum Gasteiger partial charge on any atom is -0.478 e. The molecule has 7 aromatic rings. The molecule has 436 valence electrons. The molecule has 0 unspecified atom stereocenters. The number of aromatic nitrogens is 2. The zero-order chi connectivity index (χ0) is 61.6. The maximum absolute atomic E-state index is 14.2. The fourth-order valence-electron chi connectivity index (χ4n) is 8.65. The molecule has 1 heterocycles. The summed E-state index contributed by atoms with van der Waals surface area (Å²) in [5, 5.41) is 9.07. The Labute approximate surface area is 444 Å². The summed E-state index contributed by atoms with van der Waals surface area (Å²) >= 11 is 0. The van der Waals surface area contributed by atoms with Gasteiger partial charge >= 0.3 is 55.4 Å². The number of aromatic carboxylic acids is 1. The van der Waals surface area contributed by atoms with Gasteiger partial charge in [-0.2, -0.15) is 132 Å². The lowest BCUT2D eigenvalue weighted by molar-refractivity contribution is -0.684. The van der Waals surface area contributed by atoms with Gasteiger partial charge in [-0.1, -0.05) is 91.0 Å². The average molecular weight is 1200 g/mol. The molecular formula is C52H29BF24N2O3. The first-order chi connectivity index (χ1) is 37.4. The lowest BCUT2D eigenvalue weighted by atomic mass is 9.12. The van der Waals surface area contributed by atoms with Crippen LogP contribution in [0.2, 0.25) is 0 Å². The molecule has 0 atom stereocenters. The van der Waals surface area contributed by atoms with Crippen molar-refractivity contribution in [1.82, 2.24) is 4.98 Å². The van der Waals surface area contributed by atoms with Gasteiger partial charge in [-0.15, -0.1) is 0 Å². The van der Waals surface area contributed by atoms with Gasteiger partial charge in [0.05, 0.1) is 56.3 Å². The monoisotopic (exact) mass is 1200 g/mol. The van der Waals surface area contributed by atoms with Gasteiger partial charge in [-0.05, 0) is 42.0 Å². The van der Waals surface area contributed by atoms with E-state index in [2.05, 4.69) is 4.98 Å². The molecule has 82 heavy (non-hydrogen) atoms. The van der Waals surface area contributed by atoms with E-state index in [-0.39, 0.29) is 17.9 Å². The minimum absolute atomic E-state index is 0.0237. The second-order valence-electron chi connectivity index (χ2n) is 17.9. The molecule has 0 spiro atoms. The first-order valence-corrected chi connectivity index (χ1v) is 22.5. The Bertz CT molecular complexity index is 3050. The van der Waals surface area contributed by atoms with Crippen molar-refractivity contribution in [2.24, 2.45) is 0 Å². The van der Waals surface area contributed by atoms with Crippen LogP contribution in [0.4, 0.5) is 105 Å². The van der Waals surface area contributed by atoms with Crippen LogP contribution in [0.3, 0.4) is 0 Å². The molecule has 0 amide bonds. The number of rotatable bonds is 10. The molecule has 30 heteroatoms. The number of alkyl halides is 24. The maximum atomic E-state index is 14.2. The van der Waals surface area contributed by atoms with Gasteiger partial charge in [0.2, 0.25) is 12.3 Å². The molecule has 7 rings (SSSR count). The predicted octanol–water partition coefficient (Wildman–Crippen LogP) is 13.8. The number of carbonyl (C=O) groups is 2. The number of nitrogens with zero attached hydrogens (tertiary/aromatic N) is 2. The molecule has 5 nitrogen and oxygen atoms in total. The van der Waals surface area contributed by atoms with E-state index in [0.29, 0.717) is 12.0 Å². The molecular weight excluding hydrogens is 1170 g/mol. The Kier molecular flexibility index (Phi) is 17.2. The summed E-state index contributed by atoms with van der Waals surface area (Å²) in [7, 11) is 0. The molecule has 0 radical (unpaired) electrons. The highest BCUT2D eigenvalue weighted by Gasteiger charge is 2.47. The Morgan fingerprint density at radius 2 is 0.707 bits per heavy atom. The average Bonchev–Trinajstić information content (AvgIpc) is 2.82. The zero-order valence-corrected chi connectivity index (χ0v) is 40.1. The van der Waals surface area contributed by atoms with E-state index in [9.17, 15) is 115 Å². The third-order valence-electron chi connectivity index (χ3n) is 12.2. The number of hydrogen-bond donors (Lipinski definition) is 1. The molecule has 0 aliphatic rings. The lowest BCUT2D eigenvalue weighted by Crippen LogP contribution is -2.75. The number of carboxylic acids is 1. The van der Waals surface area contributed by atoms with Gasteiger partial charge in [0.15, 0.2) is 12.4 Å². The van der Waals surface area contributed by atoms with E-state index in [0.717, 1.165) is 11.3 Å². The van der Waals surface area contributed by atoms with E-state index in [1.165, 1.54) is 0 Å². The normalized spacial score (nSPS) is 13.1. The first kappa shape index (κ1) is 63.1. The SMILES string of the molecule is FC(F)(F)c1cc([B-](c2cc(C(F)(F)F)cc(C(F)(F)F)c2)(c2cc(C(F)(F)F)cc(C(F)(F)F)c2)c2cc(C(F)(F)F)cc(C(F)(F)F)c2)cc(C(F)(F)F)c1.O=C(O)c1cccc(Cc2c[n+](CC(=O)c3ccccc3)ccn2)c1. The highest BCUT2D eigenvalue weighted by molar-refractivity contribution is 7.20. The first-order valence-electron chi connectivity index (χ1n) is 22.5. The van der Waals surface area contributed by atoms with Crippen LogP contribution in [0.15, 0.2) is 146 Å². The van der Waals surface area contributed by atoms with Crippen molar-refractivity contribution < 1.29 is 125 Å². The number of benzene rings is 6. The summed E-state index contributed by atoms with van der Waals surface area (Å²) in [5.74, 6) is -0.929. The van der Waals surface area contributed by atoms with E-state index in [1.54, 1.807) is 47.3 Å². The maximum Gasteiger partial charge on any atom is 0.416 e. The van der Waals surface area contributed by atoms with E-state index < -0.39 is 201 Å². The Morgan fingerprint density at radius 1 is 0.402 bits per heavy atom. The van der Waals surface area contributed by atoms with E-state index in [1.807, 2.05) is 30.5 Å². The molecule has 6 aromatic carbocycles. The van der Waals surface area contributed by atoms with Gasteiger partial charge in [0.25, 0.3) is 0 Å². The van der Waals surface area contributed by atoms with Gasteiger partial charge in [0, 0.05) is 12.0 Å². The second-order valence-corrected chi connectivity index (χ2v) is 17.9. The smallest absolute Gasteiger partial charge is 0.416 e. The van der Waals surface area contributed by atoms with E-state index >= 15 is 0 Å². The fraction of sp³-hybridized carbons (Fsp3) is 0.192. The number of carbonyl (C=O) groups excluding carboxylic acids is 1. The summed E-state index contributed by atoms with van der Waals surface area (Å²) in [5.41, 5.74) is -27.7. The molecule has 1 aromatic heterocycles. The summed E-state index contributed by atoms with van der Waals surface area (Å²) in [6, 6.07) is 7.10. The van der Waals surface area contributed by atoms with Crippen molar-refractivity contribution in [1.29, 1.82) is 0 Å². The van der Waals surface area contributed by atoms with Gasteiger partial charge < -0.3 is 5.11 Å². The van der Waals surface area contributed by atoms with Crippen LogP contribution in [0, 0.1) is 0 Å². The van der Waals surface area contributed by atoms with Gasteiger partial charge in [0.1, 0.15) is 11.8 Å². The Morgan fingerprint density at radius 3 is 1.00 bits per heavy atom. The summed E-state index contributed by atoms with van der Waals surface area (Å²) < 4.78 is 343. The lowest BCUT2D eigenvalue weighted by Gasteiger charge is -2.46. The summed E-state index contributed by atoms with van der Waals surface area (Å²) in [6.07, 6.45) is -49.1. The highest BCUT2D eigenvalue weighted by Crippen LogP contribution is 2.41. The van der Waals surface area contributed by atoms with Crippen LogP contribution in [0.25, 0.3) is 0 Å². The highest BCUT2D eigenvalue weighted by atomic mass is 19.4. The Hall–Kier alpha value is -8.08. The van der Waals surface area contributed by atoms with Crippen molar-refractivity contribution in [3.63, 3.8) is 0 Å². The Balaban J connectivity index is 0.000000357. The molecule has 0 fully saturated rings. The standard InChI is InChI=1S/C32H12BF24.C20H16N2O3/c34-25(35,36)13-1-14(26(37,38)39)6-21(5-13)33(22-7-15(27(40,41)42)2-16(8-22)28(43,44)45,23-9-17(29(46,47)48)3-18(10-23)30(49,50)51)24-11-19(31(52,53)54)4-20(12-24)32(55,56)57;23-19(16-6-2-1-3-7-16)14-22-10-9-21-18(13-22)12-15-5-4-8-17(11-15)20(24)25/h1-12H;1-11,13H,12,14H2/q-1;/p+1. The van der Waals surface area contributed by atoms with Crippen LogP contribution in [0.1, 0.15) is 76.5 Å². The predicted molar refractivity (Wildman–Crippen MR) is 241 cm³/mol.